The number of carbonyl (C=O) groups is 1. The van der Waals surface area contributed by atoms with Crippen LogP contribution in [0.2, 0.25) is 10.0 Å². The second kappa shape index (κ2) is 7.25. The largest absolute Gasteiger partial charge is 0.394 e. The number of hydrogen-bond acceptors (Lipinski definition) is 8. The van der Waals surface area contributed by atoms with E-state index in [1.165, 1.54) is 6.34 Å². The minimum atomic E-state index is -0.792. The lowest BCUT2D eigenvalue weighted by atomic mass is 10.1. The molecule has 0 aliphatic carbocycles. The van der Waals surface area contributed by atoms with E-state index < -0.39 is 30.6 Å². The van der Waals surface area contributed by atoms with Gasteiger partial charge in [-0.2, -0.15) is 0 Å². The molecule has 1 amide bonds. The molecule has 1 aromatic rings. The normalized spacial score (nSPS) is 32.3. The van der Waals surface area contributed by atoms with Gasteiger partial charge in [-0.25, -0.2) is 4.99 Å². The highest BCUT2D eigenvalue weighted by atomic mass is 35.5. The number of ether oxygens (including phenoxy) is 1. The topological polar surface area (TPSA) is 119 Å². The standard InChI is InChI=1S/C16H17Cl2N5O4/c17-7-1-8(18)3-9(2-7)20-16-21-14-13(15(26)22-16)19-6-23(14)12-4-10(25)11(5-24)27-12/h1-3,6,10-14,24-25H,4-5H2,(H2,20,21,22,26)/t10-,11+,12+,13?,14?/m0/s1. The van der Waals surface area contributed by atoms with Gasteiger partial charge in [0.25, 0.3) is 5.91 Å². The number of aliphatic imine (C=N–C) groups is 2. The summed E-state index contributed by atoms with van der Waals surface area (Å²) in [5.74, 6) is -0.0889. The van der Waals surface area contributed by atoms with Gasteiger partial charge in [0.15, 0.2) is 12.2 Å². The molecule has 0 aromatic heterocycles. The van der Waals surface area contributed by atoms with Crippen molar-refractivity contribution >= 4 is 47.1 Å². The molecule has 1 aromatic carbocycles. The predicted molar refractivity (Wildman–Crippen MR) is 99.9 cm³/mol. The molecule has 144 valence electrons. The van der Waals surface area contributed by atoms with Gasteiger partial charge in [-0.05, 0) is 18.2 Å². The highest BCUT2D eigenvalue weighted by Gasteiger charge is 2.46. The number of nitrogens with zero attached hydrogens (tertiary/aromatic N) is 3. The average Bonchev–Trinajstić information content (AvgIpc) is 3.17. The van der Waals surface area contributed by atoms with Gasteiger partial charge in [-0.1, -0.05) is 23.2 Å². The summed E-state index contributed by atoms with van der Waals surface area (Å²) < 4.78 is 5.65. The van der Waals surface area contributed by atoms with E-state index in [0.29, 0.717) is 15.7 Å². The number of rotatable bonds is 3. The van der Waals surface area contributed by atoms with E-state index in [0.717, 1.165) is 0 Å². The second-order valence-electron chi connectivity index (χ2n) is 6.44. The molecule has 9 nitrogen and oxygen atoms in total. The molecule has 3 heterocycles. The van der Waals surface area contributed by atoms with Crippen molar-refractivity contribution in [1.29, 1.82) is 0 Å². The Balaban J connectivity index is 1.55. The van der Waals surface area contributed by atoms with Crippen molar-refractivity contribution < 1.29 is 19.7 Å². The van der Waals surface area contributed by atoms with Crippen LogP contribution in [-0.2, 0) is 9.53 Å². The highest BCUT2D eigenvalue weighted by molar-refractivity contribution is 6.35. The van der Waals surface area contributed by atoms with E-state index >= 15 is 0 Å². The summed E-state index contributed by atoms with van der Waals surface area (Å²) >= 11 is 12.0. The Hall–Kier alpha value is -1.91. The number of aliphatic hydroxyl groups is 2. The Kier molecular flexibility index (Phi) is 4.95. The Morgan fingerprint density at radius 1 is 1.33 bits per heavy atom. The zero-order valence-electron chi connectivity index (χ0n) is 13.9. The second-order valence-corrected chi connectivity index (χ2v) is 7.31. The third-order valence-corrected chi connectivity index (χ3v) is 5.00. The number of hydrogen-bond donors (Lipinski definition) is 4. The maximum absolute atomic E-state index is 12.4. The zero-order chi connectivity index (χ0) is 19.1. The van der Waals surface area contributed by atoms with E-state index in [1.807, 2.05) is 0 Å². The lowest BCUT2D eigenvalue weighted by Crippen LogP contribution is -2.55. The minimum absolute atomic E-state index is 0.229. The molecule has 5 atom stereocenters. The van der Waals surface area contributed by atoms with Crippen LogP contribution in [0.15, 0.2) is 28.2 Å². The molecular weight excluding hydrogens is 397 g/mol. The van der Waals surface area contributed by atoms with Crippen LogP contribution in [0.5, 0.6) is 0 Å². The fourth-order valence-electron chi connectivity index (χ4n) is 3.29. The first-order valence-electron chi connectivity index (χ1n) is 8.31. The molecule has 3 aliphatic heterocycles. The number of halogens is 2. The number of benzene rings is 1. The summed E-state index contributed by atoms with van der Waals surface area (Å²) in [6.07, 6.45) is -0.841. The van der Waals surface area contributed by atoms with Gasteiger partial charge in [0, 0.05) is 22.2 Å². The van der Waals surface area contributed by atoms with Crippen molar-refractivity contribution in [3.05, 3.63) is 28.2 Å². The summed E-state index contributed by atoms with van der Waals surface area (Å²) in [4.78, 5) is 22.8. The first-order valence-corrected chi connectivity index (χ1v) is 9.07. The van der Waals surface area contributed by atoms with E-state index in [9.17, 15) is 15.0 Å². The molecule has 1 fully saturated rings. The molecule has 27 heavy (non-hydrogen) atoms. The smallest absolute Gasteiger partial charge is 0.255 e. The molecule has 0 saturated carbocycles. The van der Waals surface area contributed by atoms with E-state index in [2.05, 4.69) is 20.6 Å². The van der Waals surface area contributed by atoms with Crippen LogP contribution in [0.25, 0.3) is 0 Å². The third kappa shape index (κ3) is 3.61. The molecule has 0 bridgehead atoms. The van der Waals surface area contributed by atoms with Crippen LogP contribution >= 0.6 is 23.2 Å². The summed E-state index contributed by atoms with van der Waals surface area (Å²) in [5, 5.41) is 25.7. The molecule has 3 aliphatic rings. The van der Waals surface area contributed by atoms with Gasteiger partial charge in [-0.15, -0.1) is 0 Å². The molecule has 11 heteroatoms. The van der Waals surface area contributed by atoms with Gasteiger partial charge in [-0.3, -0.25) is 15.1 Å². The first-order chi connectivity index (χ1) is 12.9. The molecule has 4 rings (SSSR count). The maximum atomic E-state index is 12.4. The number of guanidine groups is 1. The molecular formula is C16H17Cl2N5O4. The molecule has 0 radical (unpaired) electrons. The molecule has 2 unspecified atom stereocenters. The number of anilines is 1. The first kappa shape index (κ1) is 18.5. The molecule has 1 saturated heterocycles. The quantitative estimate of drug-likeness (QED) is 0.569. The highest BCUT2D eigenvalue weighted by Crippen LogP contribution is 2.29. The van der Waals surface area contributed by atoms with Crippen molar-refractivity contribution in [1.82, 2.24) is 10.2 Å². The minimum Gasteiger partial charge on any atom is -0.394 e. The van der Waals surface area contributed by atoms with Crippen LogP contribution in [0.4, 0.5) is 5.69 Å². The van der Waals surface area contributed by atoms with E-state index in [1.54, 1.807) is 23.1 Å². The fourth-order valence-corrected chi connectivity index (χ4v) is 3.81. The lowest BCUT2D eigenvalue weighted by molar-refractivity contribution is -0.123. The predicted octanol–water partition coefficient (Wildman–Crippen LogP) is 0.398. The fraction of sp³-hybridized carbons (Fsp3) is 0.438. The Morgan fingerprint density at radius 3 is 2.74 bits per heavy atom. The monoisotopic (exact) mass is 413 g/mol. The van der Waals surface area contributed by atoms with Crippen LogP contribution in [0.1, 0.15) is 6.42 Å². The van der Waals surface area contributed by atoms with Crippen molar-refractivity contribution in [3.8, 4) is 0 Å². The number of nitrogens with one attached hydrogen (secondary N) is 2. The van der Waals surface area contributed by atoms with Crippen molar-refractivity contribution in [2.75, 3.05) is 11.9 Å². The summed E-state index contributed by atoms with van der Waals surface area (Å²) in [5.41, 5.74) is 0.573. The summed E-state index contributed by atoms with van der Waals surface area (Å²) in [7, 11) is 0. The van der Waals surface area contributed by atoms with Crippen LogP contribution in [-0.4, -0.2) is 70.6 Å². The van der Waals surface area contributed by atoms with Crippen molar-refractivity contribution in [2.24, 2.45) is 9.98 Å². The van der Waals surface area contributed by atoms with Crippen LogP contribution in [0.3, 0.4) is 0 Å². The van der Waals surface area contributed by atoms with Crippen LogP contribution in [0, 0.1) is 0 Å². The third-order valence-electron chi connectivity index (χ3n) is 4.56. The van der Waals surface area contributed by atoms with Gasteiger partial charge < -0.3 is 25.2 Å². The van der Waals surface area contributed by atoms with Gasteiger partial charge >= 0.3 is 0 Å². The number of carbonyl (C=O) groups excluding carboxylic acids is 1. The van der Waals surface area contributed by atoms with Crippen molar-refractivity contribution in [2.45, 2.75) is 37.1 Å². The SMILES string of the molecule is O=C1NC(Nc2cc(Cl)cc(Cl)c2)=NC2C1N=CN2[C@H]1C[C@H](O)[C@@H](CO)O1. The lowest BCUT2D eigenvalue weighted by Gasteiger charge is -2.32. The van der Waals surface area contributed by atoms with Crippen LogP contribution < -0.4 is 10.6 Å². The maximum Gasteiger partial charge on any atom is 0.255 e. The van der Waals surface area contributed by atoms with Gasteiger partial charge in [0.1, 0.15) is 12.3 Å². The summed E-state index contributed by atoms with van der Waals surface area (Å²) in [6.45, 7) is -0.289. The molecule has 0 spiro atoms. The van der Waals surface area contributed by atoms with Gasteiger partial charge in [0.2, 0.25) is 5.96 Å². The Labute approximate surface area is 164 Å². The molecule has 4 N–H and O–H groups in total. The average molecular weight is 414 g/mol. The number of fused-ring (bicyclic) bond motifs is 1. The summed E-state index contributed by atoms with van der Waals surface area (Å²) in [6, 6.07) is 4.18. The zero-order valence-corrected chi connectivity index (χ0v) is 15.4. The van der Waals surface area contributed by atoms with Gasteiger partial charge in [0.05, 0.1) is 19.0 Å². The number of amides is 1. The Morgan fingerprint density at radius 2 is 2.07 bits per heavy atom. The van der Waals surface area contributed by atoms with E-state index in [4.69, 9.17) is 27.9 Å². The van der Waals surface area contributed by atoms with Crippen molar-refractivity contribution in [3.63, 3.8) is 0 Å². The van der Waals surface area contributed by atoms with E-state index in [-0.39, 0.29) is 24.9 Å². The number of aliphatic hydroxyl groups excluding tert-OH is 2. The Bertz CT molecular complexity index is 800.